The van der Waals surface area contributed by atoms with E-state index in [9.17, 15) is 4.79 Å². The first-order valence-corrected chi connectivity index (χ1v) is 8.36. The quantitative estimate of drug-likeness (QED) is 0.913. The summed E-state index contributed by atoms with van der Waals surface area (Å²) in [6.45, 7) is 4.99. The van der Waals surface area contributed by atoms with Crippen molar-refractivity contribution in [1.29, 1.82) is 0 Å². The number of amides is 2. The van der Waals surface area contributed by atoms with E-state index in [1.807, 2.05) is 11.8 Å². The zero-order chi connectivity index (χ0) is 15.5. The summed E-state index contributed by atoms with van der Waals surface area (Å²) in [5.41, 5.74) is 1.80. The van der Waals surface area contributed by atoms with E-state index < -0.39 is 0 Å². The molecule has 1 aliphatic heterocycles. The van der Waals surface area contributed by atoms with Crippen LogP contribution in [-0.2, 0) is 0 Å². The molecule has 0 saturated carbocycles. The number of nitrogens with one attached hydrogen (secondary N) is 1. The molecule has 1 aromatic carbocycles. The number of nitrogens with zero attached hydrogens (tertiary/aromatic N) is 3. The monoisotopic (exact) mass is 336 g/mol. The Labute approximate surface area is 138 Å². The molecule has 0 unspecified atom stereocenters. The second-order valence-corrected chi connectivity index (χ2v) is 6.46. The molecule has 3 rings (SSSR count). The van der Waals surface area contributed by atoms with E-state index in [2.05, 4.69) is 20.6 Å². The van der Waals surface area contributed by atoms with E-state index >= 15 is 0 Å². The van der Waals surface area contributed by atoms with E-state index in [1.54, 1.807) is 35.6 Å². The predicted molar refractivity (Wildman–Crippen MR) is 91.1 cm³/mol. The molecule has 116 valence electrons. The van der Waals surface area contributed by atoms with Gasteiger partial charge in [0.25, 0.3) is 0 Å². The number of hydrogen-bond donors (Lipinski definition) is 1. The Bertz CT molecular complexity index is 650. The van der Waals surface area contributed by atoms with Gasteiger partial charge in [-0.15, -0.1) is 11.3 Å². The third-order valence-corrected chi connectivity index (χ3v) is 4.81. The van der Waals surface area contributed by atoms with Gasteiger partial charge in [-0.2, -0.15) is 0 Å². The van der Waals surface area contributed by atoms with Crippen molar-refractivity contribution in [1.82, 2.24) is 9.88 Å². The zero-order valence-corrected chi connectivity index (χ0v) is 13.8. The van der Waals surface area contributed by atoms with Gasteiger partial charge in [0.15, 0.2) is 5.13 Å². The summed E-state index contributed by atoms with van der Waals surface area (Å²) in [5.74, 6) is 0. The van der Waals surface area contributed by atoms with Crippen molar-refractivity contribution in [3.8, 4) is 0 Å². The van der Waals surface area contributed by atoms with Gasteiger partial charge in [0, 0.05) is 42.3 Å². The number of urea groups is 1. The number of hydrogen-bond acceptors (Lipinski definition) is 4. The number of piperazine rings is 1. The standard InChI is InChI=1S/C15H17ClN4OS/c1-11-10-22-15(17-11)20-8-6-19(7-9-20)14(21)18-13-4-2-12(16)3-5-13/h2-5,10H,6-9H2,1H3,(H,18,21). The van der Waals surface area contributed by atoms with Crippen LogP contribution in [0.3, 0.4) is 0 Å². The number of aromatic nitrogens is 1. The van der Waals surface area contributed by atoms with Gasteiger partial charge in [-0.25, -0.2) is 9.78 Å². The first-order valence-electron chi connectivity index (χ1n) is 7.10. The number of carbonyl (C=O) groups excluding carboxylic acids is 1. The van der Waals surface area contributed by atoms with Crippen molar-refractivity contribution in [3.05, 3.63) is 40.4 Å². The smallest absolute Gasteiger partial charge is 0.321 e. The lowest BCUT2D eigenvalue weighted by molar-refractivity contribution is 0.208. The topological polar surface area (TPSA) is 48.5 Å². The Balaban J connectivity index is 1.54. The number of anilines is 2. The van der Waals surface area contributed by atoms with Crippen LogP contribution in [0.2, 0.25) is 5.02 Å². The number of aryl methyl sites for hydroxylation is 1. The molecule has 2 heterocycles. The summed E-state index contributed by atoms with van der Waals surface area (Å²) in [4.78, 5) is 20.8. The molecule has 0 radical (unpaired) electrons. The molecule has 5 nitrogen and oxygen atoms in total. The van der Waals surface area contributed by atoms with Crippen molar-refractivity contribution in [2.24, 2.45) is 0 Å². The highest BCUT2D eigenvalue weighted by Crippen LogP contribution is 2.21. The zero-order valence-electron chi connectivity index (χ0n) is 12.3. The van der Waals surface area contributed by atoms with Crippen molar-refractivity contribution >= 4 is 39.8 Å². The average molecular weight is 337 g/mol. The van der Waals surface area contributed by atoms with Gasteiger partial charge in [-0.05, 0) is 31.2 Å². The second kappa shape index (κ2) is 6.54. The average Bonchev–Trinajstić information content (AvgIpc) is 2.96. The maximum absolute atomic E-state index is 12.3. The Morgan fingerprint density at radius 1 is 1.23 bits per heavy atom. The number of thiazole rings is 1. The van der Waals surface area contributed by atoms with Crippen LogP contribution < -0.4 is 10.2 Å². The molecule has 2 aromatic rings. The van der Waals surface area contributed by atoms with Crippen LogP contribution in [0.1, 0.15) is 5.69 Å². The van der Waals surface area contributed by atoms with Gasteiger partial charge in [-0.1, -0.05) is 11.6 Å². The predicted octanol–water partition coefficient (Wildman–Crippen LogP) is 3.46. The molecule has 1 saturated heterocycles. The summed E-state index contributed by atoms with van der Waals surface area (Å²) >= 11 is 7.49. The Hall–Kier alpha value is -1.79. The molecule has 1 N–H and O–H groups in total. The van der Waals surface area contributed by atoms with E-state index in [0.29, 0.717) is 18.1 Å². The summed E-state index contributed by atoms with van der Waals surface area (Å²) < 4.78 is 0. The van der Waals surface area contributed by atoms with Gasteiger partial charge in [0.2, 0.25) is 0 Å². The summed E-state index contributed by atoms with van der Waals surface area (Å²) in [7, 11) is 0. The van der Waals surface area contributed by atoms with E-state index in [-0.39, 0.29) is 6.03 Å². The van der Waals surface area contributed by atoms with Gasteiger partial charge in [0.1, 0.15) is 0 Å². The molecule has 0 aliphatic carbocycles. The normalized spacial score (nSPS) is 15.0. The molecule has 0 atom stereocenters. The third-order valence-electron chi connectivity index (χ3n) is 3.54. The molecule has 1 fully saturated rings. The van der Waals surface area contributed by atoms with Crippen LogP contribution in [0.4, 0.5) is 15.6 Å². The summed E-state index contributed by atoms with van der Waals surface area (Å²) in [6, 6.07) is 7.06. The van der Waals surface area contributed by atoms with Crippen LogP contribution in [-0.4, -0.2) is 42.1 Å². The SMILES string of the molecule is Cc1csc(N2CCN(C(=O)Nc3ccc(Cl)cc3)CC2)n1. The summed E-state index contributed by atoms with van der Waals surface area (Å²) in [5, 5.41) is 6.64. The fourth-order valence-corrected chi connectivity index (χ4v) is 3.31. The second-order valence-electron chi connectivity index (χ2n) is 5.18. The highest BCUT2D eigenvalue weighted by molar-refractivity contribution is 7.13. The van der Waals surface area contributed by atoms with Crippen LogP contribution in [0, 0.1) is 6.92 Å². The highest BCUT2D eigenvalue weighted by Gasteiger charge is 2.22. The minimum atomic E-state index is -0.0720. The lowest BCUT2D eigenvalue weighted by Gasteiger charge is -2.34. The largest absolute Gasteiger partial charge is 0.345 e. The lowest BCUT2D eigenvalue weighted by atomic mass is 10.3. The van der Waals surface area contributed by atoms with Crippen LogP contribution in [0.15, 0.2) is 29.6 Å². The van der Waals surface area contributed by atoms with Crippen LogP contribution in [0.25, 0.3) is 0 Å². The van der Waals surface area contributed by atoms with E-state index in [0.717, 1.165) is 29.6 Å². The minimum absolute atomic E-state index is 0.0720. The Kier molecular flexibility index (Phi) is 4.49. The molecule has 0 spiro atoms. The molecular weight excluding hydrogens is 320 g/mol. The fourth-order valence-electron chi connectivity index (χ4n) is 2.32. The lowest BCUT2D eigenvalue weighted by Crippen LogP contribution is -2.50. The third kappa shape index (κ3) is 3.51. The first-order chi connectivity index (χ1) is 10.6. The van der Waals surface area contributed by atoms with Gasteiger partial charge < -0.3 is 15.1 Å². The van der Waals surface area contributed by atoms with E-state index in [1.165, 1.54) is 0 Å². The van der Waals surface area contributed by atoms with E-state index in [4.69, 9.17) is 11.6 Å². The molecule has 1 aliphatic rings. The molecule has 0 bridgehead atoms. The number of rotatable bonds is 2. The highest BCUT2D eigenvalue weighted by atomic mass is 35.5. The molecule has 1 aromatic heterocycles. The van der Waals surface area contributed by atoms with Crippen molar-refractivity contribution in [3.63, 3.8) is 0 Å². The van der Waals surface area contributed by atoms with Crippen molar-refractivity contribution in [2.45, 2.75) is 6.92 Å². The van der Waals surface area contributed by atoms with Gasteiger partial charge in [-0.3, -0.25) is 0 Å². The number of halogens is 1. The maximum Gasteiger partial charge on any atom is 0.321 e. The molecule has 7 heteroatoms. The van der Waals surface area contributed by atoms with Crippen molar-refractivity contribution in [2.75, 3.05) is 36.4 Å². The Morgan fingerprint density at radius 2 is 1.91 bits per heavy atom. The van der Waals surface area contributed by atoms with Gasteiger partial charge >= 0.3 is 6.03 Å². The minimum Gasteiger partial charge on any atom is -0.345 e. The number of carbonyl (C=O) groups is 1. The van der Waals surface area contributed by atoms with Crippen molar-refractivity contribution < 1.29 is 4.79 Å². The molecule has 22 heavy (non-hydrogen) atoms. The first kappa shape index (κ1) is 15.1. The molecule has 2 amide bonds. The fraction of sp³-hybridized carbons (Fsp3) is 0.333. The van der Waals surface area contributed by atoms with Crippen LogP contribution in [0.5, 0.6) is 0 Å². The number of benzene rings is 1. The Morgan fingerprint density at radius 3 is 2.50 bits per heavy atom. The summed E-state index contributed by atoms with van der Waals surface area (Å²) in [6.07, 6.45) is 0. The molecular formula is C15H17ClN4OS. The maximum atomic E-state index is 12.3. The van der Waals surface area contributed by atoms with Crippen LogP contribution >= 0.6 is 22.9 Å². The van der Waals surface area contributed by atoms with Gasteiger partial charge in [0.05, 0.1) is 5.69 Å².